The first kappa shape index (κ1) is 11.9. The molecule has 3 N–H and O–H groups in total. The van der Waals surface area contributed by atoms with Crippen LogP contribution in [0.15, 0.2) is 0 Å². The van der Waals surface area contributed by atoms with Crippen LogP contribution in [0.1, 0.15) is 39.5 Å². The van der Waals surface area contributed by atoms with Crippen molar-refractivity contribution in [1.29, 1.82) is 0 Å². The normalized spacial score (nSPS) is 22.6. The molecule has 0 spiro atoms. The van der Waals surface area contributed by atoms with E-state index in [0.717, 1.165) is 24.3 Å². The molecular weight excluding hydrogens is 200 g/mol. The summed E-state index contributed by atoms with van der Waals surface area (Å²) in [6.45, 7) is 4.83. The highest BCUT2D eigenvalue weighted by molar-refractivity contribution is 5.81. The van der Waals surface area contributed by atoms with E-state index in [-0.39, 0.29) is 17.9 Å². The van der Waals surface area contributed by atoms with E-state index < -0.39 is 0 Å². The summed E-state index contributed by atoms with van der Waals surface area (Å²) in [4.78, 5) is 11.7. The predicted octanol–water partition coefficient (Wildman–Crippen LogP) is 1.52. The fraction of sp³-hybridized carbons (Fsp3) is 0.923. The Morgan fingerprint density at radius 3 is 2.12 bits per heavy atom. The lowest BCUT2D eigenvalue weighted by Crippen LogP contribution is -2.45. The summed E-state index contributed by atoms with van der Waals surface area (Å²) in [5, 5.41) is 3.04. The van der Waals surface area contributed by atoms with Gasteiger partial charge in [0.1, 0.15) is 0 Å². The van der Waals surface area contributed by atoms with Crippen LogP contribution in [0.3, 0.4) is 0 Å². The summed E-state index contributed by atoms with van der Waals surface area (Å²) in [5.41, 5.74) is 5.82. The van der Waals surface area contributed by atoms with Crippen LogP contribution < -0.4 is 11.1 Å². The molecule has 3 nitrogen and oxygen atoms in total. The average Bonchev–Trinajstić information content (AvgIpc) is 3.09. The maximum Gasteiger partial charge on any atom is 0.237 e. The van der Waals surface area contributed by atoms with E-state index in [1.807, 2.05) is 13.8 Å². The van der Waals surface area contributed by atoms with Crippen molar-refractivity contribution in [2.24, 2.45) is 29.4 Å². The van der Waals surface area contributed by atoms with Crippen molar-refractivity contribution in [3.8, 4) is 0 Å². The third-order valence-electron chi connectivity index (χ3n) is 3.99. The van der Waals surface area contributed by atoms with E-state index >= 15 is 0 Å². The quantitative estimate of drug-likeness (QED) is 0.718. The maximum absolute atomic E-state index is 11.7. The maximum atomic E-state index is 11.7. The van der Waals surface area contributed by atoms with Gasteiger partial charge in [0, 0.05) is 6.54 Å². The zero-order valence-corrected chi connectivity index (χ0v) is 10.4. The number of hydrogen-bond acceptors (Lipinski definition) is 2. The zero-order chi connectivity index (χ0) is 11.7. The molecule has 2 aliphatic carbocycles. The summed E-state index contributed by atoms with van der Waals surface area (Å²) in [6.07, 6.45) is 5.47. The van der Waals surface area contributed by atoms with Gasteiger partial charge in [-0.05, 0) is 49.4 Å². The van der Waals surface area contributed by atoms with Crippen LogP contribution in [0.4, 0.5) is 0 Å². The van der Waals surface area contributed by atoms with Crippen molar-refractivity contribution < 1.29 is 4.79 Å². The number of nitrogens with two attached hydrogens (primary N) is 1. The Balaban J connectivity index is 1.74. The molecule has 0 unspecified atom stereocenters. The van der Waals surface area contributed by atoms with Gasteiger partial charge in [0.2, 0.25) is 5.91 Å². The lowest BCUT2D eigenvalue weighted by atomic mass is 9.97. The first-order valence-electron chi connectivity index (χ1n) is 6.63. The smallest absolute Gasteiger partial charge is 0.237 e. The second kappa shape index (κ2) is 4.74. The molecule has 2 fully saturated rings. The van der Waals surface area contributed by atoms with Gasteiger partial charge in [-0.25, -0.2) is 0 Å². The highest BCUT2D eigenvalue weighted by atomic mass is 16.2. The van der Waals surface area contributed by atoms with Gasteiger partial charge in [-0.15, -0.1) is 0 Å². The minimum atomic E-state index is -0.348. The molecule has 2 rings (SSSR count). The van der Waals surface area contributed by atoms with Gasteiger partial charge in [-0.3, -0.25) is 4.79 Å². The van der Waals surface area contributed by atoms with Crippen molar-refractivity contribution in [3.63, 3.8) is 0 Å². The Hall–Kier alpha value is -0.570. The Morgan fingerprint density at radius 1 is 1.25 bits per heavy atom. The fourth-order valence-corrected chi connectivity index (χ4v) is 2.41. The highest BCUT2D eigenvalue weighted by Crippen LogP contribution is 2.48. The Bertz CT molecular complexity index is 245. The monoisotopic (exact) mass is 224 g/mol. The van der Waals surface area contributed by atoms with Gasteiger partial charge < -0.3 is 11.1 Å². The first-order valence-corrected chi connectivity index (χ1v) is 6.63. The topological polar surface area (TPSA) is 55.1 Å². The highest BCUT2D eigenvalue weighted by Gasteiger charge is 2.41. The average molecular weight is 224 g/mol. The SMILES string of the molecule is CC(C)[C@@H](N)C(=O)NCC(C1CC1)C1CC1. The van der Waals surface area contributed by atoms with Crippen molar-refractivity contribution in [1.82, 2.24) is 5.32 Å². The molecule has 0 aromatic carbocycles. The van der Waals surface area contributed by atoms with Crippen molar-refractivity contribution in [3.05, 3.63) is 0 Å². The molecule has 2 saturated carbocycles. The minimum Gasteiger partial charge on any atom is -0.354 e. The Labute approximate surface area is 98.2 Å². The number of carbonyl (C=O) groups excluding carboxylic acids is 1. The van der Waals surface area contributed by atoms with Crippen LogP contribution in [-0.4, -0.2) is 18.5 Å². The molecule has 1 atom stereocenters. The van der Waals surface area contributed by atoms with Gasteiger partial charge >= 0.3 is 0 Å². The van der Waals surface area contributed by atoms with Gasteiger partial charge in [0.25, 0.3) is 0 Å². The summed E-state index contributed by atoms with van der Waals surface area (Å²) < 4.78 is 0. The van der Waals surface area contributed by atoms with Crippen LogP contribution in [0.25, 0.3) is 0 Å². The largest absolute Gasteiger partial charge is 0.354 e. The first-order chi connectivity index (χ1) is 7.59. The number of carbonyl (C=O) groups is 1. The summed E-state index contributed by atoms with van der Waals surface area (Å²) in [6, 6.07) is -0.348. The minimum absolute atomic E-state index is 0.0290. The summed E-state index contributed by atoms with van der Waals surface area (Å²) in [5.74, 6) is 2.77. The van der Waals surface area contributed by atoms with Crippen LogP contribution in [0.5, 0.6) is 0 Å². The van der Waals surface area contributed by atoms with E-state index in [4.69, 9.17) is 5.73 Å². The molecule has 92 valence electrons. The van der Waals surface area contributed by atoms with E-state index in [1.165, 1.54) is 25.7 Å². The van der Waals surface area contributed by atoms with Crippen molar-refractivity contribution in [2.45, 2.75) is 45.6 Å². The third kappa shape index (κ3) is 2.97. The number of nitrogens with one attached hydrogen (secondary N) is 1. The molecule has 0 radical (unpaired) electrons. The van der Waals surface area contributed by atoms with Crippen molar-refractivity contribution >= 4 is 5.91 Å². The van der Waals surface area contributed by atoms with Gasteiger partial charge in [0.15, 0.2) is 0 Å². The molecule has 2 aliphatic rings. The standard InChI is InChI=1S/C13H24N2O/c1-8(2)12(14)13(16)15-7-11(9-3-4-9)10-5-6-10/h8-12H,3-7,14H2,1-2H3,(H,15,16)/t12-/m1/s1. The van der Waals surface area contributed by atoms with Crippen LogP contribution in [-0.2, 0) is 4.79 Å². The van der Waals surface area contributed by atoms with Gasteiger partial charge in [0.05, 0.1) is 6.04 Å². The third-order valence-corrected chi connectivity index (χ3v) is 3.99. The molecule has 0 saturated heterocycles. The molecular formula is C13H24N2O. The zero-order valence-electron chi connectivity index (χ0n) is 10.4. The van der Waals surface area contributed by atoms with Gasteiger partial charge in [-0.2, -0.15) is 0 Å². The molecule has 0 aliphatic heterocycles. The predicted molar refractivity (Wildman–Crippen MR) is 64.8 cm³/mol. The van der Waals surface area contributed by atoms with E-state index in [2.05, 4.69) is 5.32 Å². The molecule has 16 heavy (non-hydrogen) atoms. The van der Waals surface area contributed by atoms with E-state index in [1.54, 1.807) is 0 Å². The van der Waals surface area contributed by atoms with E-state index in [9.17, 15) is 4.79 Å². The summed E-state index contributed by atoms with van der Waals surface area (Å²) in [7, 11) is 0. The van der Waals surface area contributed by atoms with Crippen LogP contribution in [0, 0.1) is 23.7 Å². The van der Waals surface area contributed by atoms with Gasteiger partial charge in [-0.1, -0.05) is 13.8 Å². The van der Waals surface area contributed by atoms with E-state index in [0.29, 0.717) is 0 Å². The molecule has 3 heteroatoms. The Kier molecular flexibility index (Phi) is 3.53. The van der Waals surface area contributed by atoms with Crippen LogP contribution in [0.2, 0.25) is 0 Å². The van der Waals surface area contributed by atoms with Crippen LogP contribution >= 0.6 is 0 Å². The molecule has 0 bridgehead atoms. The number of rotatable bonds is 6. The molecule has 0 aromatic rings. The lowest BCUT2D eigenvalue weighted by molar-refractivity contribution is -0.123. The molecule has 0 heterocycles. The number of amides is 1. The number of hydrogen-bond donors (Lipinski definition) is 2. The lowest BCUT2D eigenvalue weighted by Gasteiger charge is -2.20. The van der Waals surface area contributed by atoms with Crippen molar-refractivity contribution in [2.75, 3.05) is 6.54 Å². The summed E-state index contributed by atoms with van der Waals surface area (Å²) >= 11 is 0. The second-order valence-electron chi connectivity index (χ2n) is 5.85. The Morgan fingerprint density at radius 2 is 1.75 bits per heavy atom. The second-order valence-corrected chi connectivity index (χ2v) is 5.85. The fourth-order valence-electron chi connectivity index (χ4n) is 2.41. The molecule has 1 amide bonds. The molecule has 0 aromatic heterocycles.